The first kappa shape index (κ1) is 10.0. The predicted octanol–water partition coefficient (Wildman–Crippen LogP) is 3.20. The second kappa shape index (κ2) is 3.77. The van der Waals surface area contributed by atoms with Gasteiger partial charge in [-0.05, 0) is 18.1 Å². The minimum atomic E-state index is -1.75. The van der Waals surface area contributed by atoms with Crippen molar-refractivity contribution in [1.29, 1.82) is 0 Å². The molecule has 0 aliphatic heterocycles. The summed E-state index contributed by atoms with van der Waals surface area (Å²) < 4.78 is 50.4. The smallest absolute Gasteiger partial charge is 0.197 e. The van der Waals surface area contributed by atoms with Gasteiger partial charge in [-0.1, -0.05) is 13.3 Å². The van der Waals surface area contributed by atoms with Crippen molar-refractivity contribution in [3.8, 4) is 0 Å². The molecule has 0 aromatic heterocycles. The monoisotopic (exact) mass is 192 g/mol. The average Bonchev–Trinajstić information content (AvgIpc) is 2.11. The van der Waals surface area contributed by atoms with E-state index in [9.17, 15) is 17.6 Å². The molecule has 0 nitrogen and oxygen atoms in total. The molecule has 0 fully saturated rings. The molecule has 1 aromatic carbocycles. The molecule has 72 valence electrons. The van der Waals surface area contributed by atoms with Crippen molar-refractivity contribution in [3.05, 3.63) is 34.9 Å². The van der Waals surface area contributed by atoms with Gasteiger partial charge in [0.2, 0.25) is 0 Å². The molecule has 0 atom stereocenters. The summed E-state index contributed by atoms with van der Waals surface area (Å²) in [5.74, 6) is -6.12. The van der Waals surface area contributed by atoms with E-state index in [1.165, 1.54) is 0 Å². The molecule has 1 aromatic rings. The largest absolute Gasteiger partial charge is 0.204 e. The fourth-order valence-electron chi connectivity index (χ4n) is 1.07. The number of hydrogen-bond donors (Lipinski definition) is 0. The summed E-state index contributed by atoms with van der Waals surface area (Å²) >= 11 is 0. The fraction of sp³-hybridized carbons (Fsp3) is 0.333. The maximum Gasteiger partial charge on any atom is 0.197 e. The maximum absolute atomic E-state index is 12.8. The SMILES string of the molecule is CCCc1cc(F)c(F)c(F)c1F. The van der Waals surface area contributed by atoms with Gasteiger partial charge in [-0.15, -0.1) is 0 Å². The van der Waals surface area contributed by atoms with Crippen molar-refractivity contribution in [2.45, 2.75) is 19.8 Å². The Morgan fingerprint density at radius 2 is 1.62 bits per heavy atom. The Labute approximate surface area is 73.2 Å². The maximum atomic E-state index is 12.8. The van der Waals surface area contributed by atoms with Crippen LogP contribution in [0.4, 0.5) is 17.6 Å². The van der Waals surface area contributed by atoms with Crippen molar-refractivity contribution in [2.24, 2.45) is 0 Å². The number of rotatable bonds is 2. The molecule has 0 aliphatic carbocycles. The van der Waals surface area contributed by atoms with Crippen LogP contribution in [-0.2, 0) is 6.42 Å². The van der Waals surface area contributed by atoms with Gasteiger partial charge in [0.25, 0.3) is 0 Å². The van der Waals surface area contributed by atoms with Crippen LogP contribution in [0.1, 0.15) is 18.9 Å². The van der Waals surface area contributed by atoms with Crippen molar-refractivity contribution >= 4 is 0 Å². The summed E-state index contributed by atoms with van der Waals surface area (Å²) in [6.07, 6.45) is 0.737. The Balaban J connectivity index is 3.24. The Morgan fingerprint density at radius 1 is 1.00 bits per heavy atom. The minimum absolute atomic E-state index is 0.126. The van der Waals surface area contributed by atoms with E-state index in [0.717, 1.165) is 0 Å². The molecule has 0 bridgehead atoms. The summed E-state index contributed by atoms with van der Waals surface area (Å²) in [5.41, 5.74) is -0.126. The van der Waals surface area contributed by atoms with Crippen LogP contribution in [0.5, 0.6) is 0 Å². The molecule has 0 spiro atoms. The Bertz CT molecular complexity index is 320. The summed E-state index contributed by atoms with van der Waals surface area (Å²) in [6, 6.07) is 0.692. The fourth-order valence-corrected chi connectivity index (χ4v) is 1.07. The molecule has 0 N–H and O–H groups in total. The lowest BCUT2D eigenvalue weighted by Crippen LogP contribution is -2.01. The Kier molecular flexibility index (Phi) is 2.90. The second-order valence-electron chi connectivity index (χ2n) is 2.71. The van der Waals surface area contributed by atoms with E-state index >= 15 is 0 Å². The van der Waals surface area contributed by atoms with Crippen LogP contribution in [0.3, 0.4) is 0 Å². The predicted molar refractivity (Wildman–Crippen MR) is 40.3 cm³/mol. The van der Waals surface area contributed by atoms with E-state index in [1.807, 2.05) is 0 Å². The summed E-state index contributed by atoms with van der Waals surface area (Å²) in [6.45, 7) is 1.73. The quantitative estimate of drug-likeness (QED) is 0.383. The van der Waals surface area contributed by atoms with Crippen LogP contribution in [0.25, 0.3) is 0 Å². The molecule has 1 rings (SSSR count). The van der Waals surface area contributed by atoms with E-state index in [0.29, 0.717) is 12.5 Å². The van der Waals surface area contributed by atoms with Gasteiger partial charge < -0.3 is 0 Å². The van der Waals surface area contributed by atoms with Crippen LogP contribution >= 0.6 is 0 Å². The van der Waals surface area contributed by atoms with Crippen molar-refractivity contribution in [1.82, 2.24) is 0 Å². The highest BCUT2D eigenvalue weighted by Gasteiger charge is 2.17. The molecule has 4 heteroatoms. The van der Waals surface area contributed by atoms with Crippen molar-refractivity contribution in [2.75, 3.05) is 0 Å². The third-order valence-corrected chi connectivity index (χ3v) is 1.70. The highest BCUT2D eigenvalue weighted by molar-refractivity contribution is 5.21. The van der Waals surface area contributed by atoms with E-state index < -0.39 is 23.3 Å². The van der Waals surface area contributed by atoms with E-state index in [1.54, 1.807) is 6.92 Å². The molecule has 0 heterocycles. The Hall–Kier alpha value is -1.06. The number of aryl methyl sites for hydroxylation is 1. The van der Waals surface area contributed by atoms with Crippen molar-refractivity contribution in [3.63, 3.8) is 0 Å². The van der Waals surface area contributed by atoms with Gasteiger partial charge >= 0.3 is 0 Å². The molecule has 13 heavy (non-hydrogen) atoms. The summed E-state index contributed by atoms with van der Waals surface area (Å²) in [4.78, 5) is 0. The van der Waals surface area contributed by atoms with Gasteiger partial charge in [-0.3, -0.25) is 0 Å². The molecular formula is C9H8F4. The lowest BCUT2D eigenvalue weighted by Gasteiger charge is -2.03. The highest BCUT2D eigenvalue weighted by atomic mass is 19.2. The van der Waals surface area contributed by atoms with Crippen LogP contribution in [0, 0.1) is 23.3 Å². The molecule has 0 saturated carbocycles. The lowest BCUT2D eigenvalue weighted by atomic mass is 10.1. The Morgan fingerprint density at radius 3 is 2.15 bits per heavy atom. The van der Waals surface area contributed by atoms with Gasteiger partial charge in [0, 0.05) is 0 Å². The first-order chi connectivity index (χ1) is 6.07. The van der Waals surface area contributed by atoms with Crippen LogP contribution in [-0.4, -0.2) is 0 Å². The van der Waals surface area contributed by atoms with Crippen molar-refractivity contribution < 1.29 is 17.6 Å². The van der Waals surface area contributed by atoms with Gasteiger partial charge in [0.1, 0.15) is 0 Å². The summed E-state index contributed by atoms with van der Waals surface area (Å²) in [5, 5.41) is 0. The molecule has 0 aliphatic rings. The van der Waals surface area contributed by atoms with Gasteiger partial charge in [-0.2, -0.15) is 0 Å². The molecule has 0 unspecified atom stereocenters. The van der Waals surface area contributed by atoms with Gasteiger partial charge in [0.15, 0.2) is 23.3 Å². The van der Waals surface area contributed by atoms with Crippen LogP contribution < -0.4 is 0 Å². The molecule has 0 radical (unpaired) electrons. The zero-order valence-electron chi connectivity index (χ0n) is 7.00. The average molecular weight is 192 g/mol. The van der Waals surface area contributed by atoms with Gasteiger partial charge in [-0.25, -0.2) is 17.6 Å². The lowest BCUT2D eigenvalue weighted by molar-refractivity contribution is 0.403. The number of benzene rings is 1. The zero-order valence-corrected chi connectivity index (χ0v) is 7.00. The normalized spacial score (nSPS) is 10.5. The van der Waals surface area contributed by atoms with Gasteiger partial charge in [0.05, 0.1) is 0 Å². The van der Waals surface area contributed by atoms with Crippen LogP contribution in [0.2, 0.25) is 0 Å². The topological polar surface area (TPSA) is 0 Å². The zero-order chi connectivity index (χ0) is 10.0. The second-order valence-corrected chi connectivity index (χ2v) is 2.71. The van der Waals surface area contributed by atoms with Crippen LogP contribution in [0.15, 0.2) is 6.07 Å². The standard InChI is InChI=1S/C9H8F4/c1-2-3-5-4-6(10)8(12)9(13)7(5)11/h4H,2-3H2,1H3. The van der Waals surface area contributed by atoms with E-state index in [-0.39, 0.29) is 12.0 Å². The number of halogens is 4. The summed E-state index contributed by atoms with van der Waals surface area (Å²) in [7, 11) is 0. The first-order valence-electron chi connectivity index (χ1n) is 3.89. The van der Waals surface area contributed by atoms with E-state index in [4.69, 9.17) is 0 Å². The third kappa shape index (κ3) is 1.82. The first-order valence-corrected chi connectivity index (χ1v) is 3.89. The van der Waals surface area contributed by atoms with E-state index in [2.05, 4.69) is 0 Å². The minimum Gasteiger partial charge on any atom is -0.204 e. The molecule has 0 amide bonds. The number of hydrogen-bond acceptors (Lipinski definition) is 0. The molecular weight excluding hydrogens is 184 g/mol. The third-order valence-electron chi connectivity index (χ3n) is 1.70. The molecule has 0 saturated heterocycles. The highest BCUT2D eigenvalue weighted by Crippen LogP contribution is 2.19.